The van der Waals surface area contributed by atoms with Gasteiger partial charge in [0.15, 0.2) is 11.0 Å². The second-order valence-corrected chi connectivity index (χ2v) is 3.61. The number of nitrogens with zero attached hydrogens (tertiary/aromatic N) is 3. The van der Waals surface area contributed by atoms with Crippen molar-refractivity contribution >= 4 is 17.4 Å². The predicted molar refractivity (Wildman–Crippen MR) is 59.8 cm³/mol. The van der Waals surface area contributed by atoms with Crippen molar-refractivity contribution in [2.75, 3.05) is 11.9 Å². The Morgan fingerprint density at radius 3 is 2.36 bits per heavy atom. The van der Waals surface area contributed by atoms with Crippen molar-refractivity contribution in [3.8, 4) is 0 Å². The normalized spacial score (nSPS) is 10.6. The van der Waals surface area contributed by atoms with E-state index in [9.17, 15) is 0 Å². The molecule has 0 fully saturated rings. The lowest BCUT2D eigenvalue weighted by atomic mass is 10.1. The third-order valence-electron chi connectivity index (χ3n) is 2.46. The SMILES string of the molecule is CCC(CC)N(C)c1nccnc1Cl. The molecule has 0 spiro atoms. The molecule has 0 unspecified atom stereocenters. The summed E-state index contributed by atoms with van der Waals surface area (Å²) < 4.78 is 0. The van der Waals surface area contributed by atoms with Crippen molar-refractivity contribution in [2.24, 2.45) is 0 Å². The van der Waals surface area contributed by atoms with Gasteiger partial charge in [0.1, 0.15) is 0 Å². The van der Waals surface area contributed by atoms with Gasteiger partial charge in [-0.2, -0.15) is 0 Å². The van der Waals surface area contributed by atoms with E-state index < -0.39 is 0 Å². The van der Waals surface area contributed by atoms with Gasteiger partial charge in [0.05, 0.1) is 0 Å². The van der Waals surface area contributed by atoms with Crippen molar-refractivity contribution in [3.05, 3.63) is 17.5 Å². The van der Waals surface area contributed by atoms with Gasteiger partial charge in [-0.25, -0.2) is 9.97 Å². The molecule has 0 radical (unpaired) electrons. The van der Waals surface area contributed by atoms with Crippen LogP contribution in [0.4, 0.5) is 5.82 Å². The molecule has 0 aromatic carbocycles. The van der Waals surface area contributed by atoms with E-state index in [0.717, 1.165) is 18.7 Å². The average Bonchev–Trinajstić information content (AvgIpc) is 2.20. The van der Waals surface area contributed by atoms with E-state index in [-0.39, 0.29) is 0 Å². The molecular formula is C10H16ClN3. The Morgan fingerprint density at radius 2 is 1.86 bits per heavy atom. The van der Waals surface area contributed by atoms with E-state index in [0.29, 0.717) is 11.2 Å². The summed E-state index contributed by atoms with van der Waals surface area (Å²) in [7, 11) is 2.01. The molecule has 0 saturated heterocycles. The number of anilines is 1. The van der Waals surface area contributed by atoms with E-state index in [1.54, 1.807) is 12.4 Å². The van der Waals surface area contributed by atoms with Crippen LogP contribution in [0.25, 0.3) is 0 Å². The summed E-state index contributed by atoms with van der Waals surface area (Å²) >= 11 is 5.96. The van der Waals surface area contributed by atoms with Crippen LogP contribution >= 0.6 is 11.6 Å². The van der Waals surface area contributed by atoms with Crippen LogP contribution in [-0.4, -0.2) is 23.1 Å². The molecule has 0 N–H and O–H groups in total. The van der Waals surface area contributed by atoms with Gasteiger partial charge in [0.25, 0.3) is 0 Å². The number of aromatic nitrogens is 2. The summed E-state index contributed by atoms with van der Waals surface area (Å²) in [6.07, 6.45) is 5.44. The number of hydrogen-bond acceptors (Lipinski definition) is 3. The molecule has 0 bridgehead atoms. The Balaban J connectivity index is 2.88. The quantitative estimate of drug-likeness (QED) is 0.770. The summed E-state index contributed by atoms with van der Waals surface area (Å²) in [6.45, 7) is 4.32. The molecule has 4 heteroatoms. The monoisotopic (exact) mass is 213 g/mol. The molecule has 1 rings (SSSR count). The molecule has 0 saturated carbocycles. The highest BCUT2D eigenvalue weighted by Crippen LogP contribution is 2.22. The maximum atomic E-state index is 5.96. The fraction of sp³-hybridized carbons (Fsp3) is 0.600. The molecule has 0 aliphatic carbocycles. The van der Waals surface area contributed by atoms with Gasteiger partial charge < -0.3 is 4.90 Å². The minimum absolute atomic E-state index is 0.474. The summed E-state index contributed by atoms with van der Waals surface area (Å²) in [4.78, 5) is 10.3. The molecule has 78 valence electrons. The molecular weight excluding hydrogens is 198 g/mol. The van der Waals surface area contributed by atoms with Crippen molar-refractivity contribution in [1.29, 1.82) is 0 Å². The van der Waals surface area contributed by atoms with Crippen molar-refractivity contribution in [1.82, 2.24) is 9.97 Å². The molecule has 0 aliphatic heterocycles. The molecule has 1 aromatic heterocycles. The van der Waals surface area contributed by atoms with Gasteiger partial charge in [-0.05, 0) is 12.8 Å². The van der Waals surface area contributed by atoms with Crippen LogP contribution in [0.5, 0.6) is 0 Å². The van der Waals surface area contributed by atoms with Crippen LogP contribution in [0.3, 0.4) is 0 Å². The Hall–Kier alpha value is -0.830. The first-order valence-corrected chi connectivity index (χ1v) is 5.27. The molecule has 1 heterocycles. The summed E-state index contributed by atoms with van der Waals surface area (Å²) in [5.74, 6) is 0.767. The summed E-state index contributed by atoms with van der Waals surface area (Å²) in [5, 5.41) is 0.474. The highest BCUT2D eigenvalue weighted by Gasteiger charge is 2.15. The zero-order chi connectivity index (χ0) is 10.6. The Kier molecular flexibility index (Phi) is 4.14. The van der Waals surface area contributed by atoms with Gasteiger partial charge in [0, 0.05) is 25.5 Å². The molecule has 0 amide bonds. The molecule has 14 heavy (non-hydrogen) atoms. The topological polar surface area (TPSA) is 29.0 Å². The standard InChI is InChI=1S/C10H16ClN3/c1-4-8(5-2)14(3)10-9(11)12-6-7-13-10/h6-8H,4-5H2,1-3H3. The molecule has 0 aliphatic rings. The van der Waals surface area contributed by atoms with Gasteiger partial charge in [0.2, 0.25) is 0 Å². The maximum Gasteiger partial charge on any atom is 0.171 e. The lowest BCUT2D eigenvalue weighted by Gasteiger charge is -2.27. The Morgan fingerprint density at radius 1 is 1.29 bits per heavy atom. The van der Waals surface area contributed by atoms with Crippen LogP contribution in [-0.2, 0) is 0 Å². The van der Waals surface area contributed by atoms with E-state index in [2.05, 4.69) is 28.7 Å². The molecule has 0 atom stereocenters. The fourth-order valence-corrected chi connectivity index (χ4v) is 1.80. The smallest absolute Gasteiger partial charge is 0.171 e. The first-order valence-electron chi connectivity index (χ1n) is 4.90. The third-order valence-corrected chi connectivity index (χ3v) is 2.73. The molecule has 1 aromatic rings. The number of rotatable bonds is 4. The minimum Gasteiger partial charge on any atom is -0.354 e. The number of hydrogen-bond donors (Lipinski definition) is 0. The van der Waals surface area contributed by atoms with Crippen molar-refractivity contribution < 1.29 is 0 Å². The lowest BCUT2D eigenvalue weighted by molar-refractivity contribution is 0.586. The highest BCUT2D eigenvalue weighted by atomic mass is 35.5. The van der Waals surface area contributed by atoms with E-state index >= 15 is 0 Å². The number of halogens is 1. The molecule has 3 nitrogen and oxygen atoms in total. The Bertz CT molecular complexity index is 286. The maximum absolute atomic E-state index is 5.96. The lowest BCUT2D eigenvalue weighted by Crippen LogP contribution is -2.31. The van der Waals surface area contributed by atoms with E-state index in [1.165, 1.54) is 0 Å². The van der Waals surface area contributed by atoms with Crippen molar-refractivity contribution in [2.45, 2.75) is 32.7 Å². The highest BCUT2D eigenvalue weighted by molar-refractivity contribution is 6.31. The summed E-state index contributed by atoms with van der Waals surface area (Å²) in [5.41, 5.74) is 0. The van der Waals surface area contributed by atoms with Gasteiger partial charge in [-0.1, -0.05) is 25.4 Å². The third kappa shape index (κ3) is 2.35. The van der Waals surface area contributed by atoms with Gasteiger partial charge in [-0.15, -0.1) is 0 Å². The first kappa shape index (κ1) is 11.2. The predicted octanol–water partition coefficient (Wildman–Crippen LogP) is 2.75. The van der Waals surface area contributed by atoms with Crippen LogP contribution in [0.15, 0.2) is 12.4 Å². The Labute approximate surface area is 90.1 Å². The van der Waals surface area contributed by atoms with Gasteiger partial charge in [-0.3, -0.25) is 0 Å². The van der Waals surface area contributed by atoms with Crippen LogP contribution in [0.2, 0.25) is 5.15 Å². The van der Waals surface area contributed by atoms with E-state index in [1.807, 2.05) is 7.05 Å². The van der Waals surface area contributed by atoms with Gasteiger partial charge >= 0.3 is 0 Å². The largest absolute Gasteiger partial charge is 0.354 e. The summed E-state index contributed by atoms with van der Waals surface area (Å²) in [6, 6.07) is 0.476. The van der Waals surface area contributed by atoms with Crippen LogP contribution in [0.1, 0.15) is 26.7 Å². The van der Waals surface area contributed by atoms with Crippen LogP contribution < -0.4 is 4.90 Å². The van der Waals surface area contributed by atoms with E-state index in [4.69, 9.17) is 11.6 Å². The second-order valence-electron chi connectivity index (χ2n) is 3.25. The minimum atomic E-state index is 0.474. The average molecular weight is 214 g/mol. The zero-order valence-corrected chi connectivity index (χ0v) is 9.62. The fourth-order valence-electron chi connectivity index (χ4n) is 1.56. The zero-order valence-electron chi connectivity index (χ0n) is 8.87. The van der Waals surface area contributed by atoms with Crippen LogP contribution in [0, 0.1) is 0 Å². The first-order chi connectivity index (χ1) is 6.70. The second kappa shape index (κ2) is 5.15. The van der Waals surface area contributed by atoms with Crippen molar-refractivity contribution in [3.63, 3.8) is 0 Å².